The van der Waals surface area contributed by atoms with Gasteiger partial charge in [-0.3, -0.25) is 19.4 Å². The summed E-state index contributed by atoms with van der Waals surface area (Å²) < 4.78 is 29.3. The van der Waals surface area contributed by atoms with Crippen LogP contribution in [0.4, 0.5) is 0 Å². The molecule has 4 aromatic carbocycles. The van der Waals surface area contributed by atoms with E-state index in [1.54, 1.807) is 24.3 Å². The lowest BCUT2D eigenvalue weighted by Crippen LogP contribution is -2.45. The van der Waals surface area contributed by atoms with Gasteiger partial charge in [-0.15, -0.1) is 0 Å². The number of benzene rings is 4. The first-order chi connectivity index (χ1) is 33.2. The van der Waals surface area contributed by atoms with Gasteiger partial charge in [-0.2, -0.15) is 0 Å². The molecule has 0 aromatic heterocycles. The molecule has 0 aliphatic rings. The molecule has 1 unspecified atom stereocenters. The number of hydrogen-bond donors (Lipinski definition) is 11. The number of aliphatic imine (C=N–C) groups is 1. The Bertz CT molecular complexity index is 2090. The van der Waals surface area contributed by atoms with Gasteiger partial charge in [0.05, 0.1) is 46.2 Å². The Kier molecular flexibility index (Phi) is 23.0. The van der Waals surface area contributed by atoms with Gasteiger partial charge < -0.3 is 80.5 Å². The minimum atomic E-state index is -1.21. The number of aromatic hydroxyl groups is 8. The molecule has 0 bridgehead atoms. The molecule has 0 aliphatic carbocycles. The van der Waals surface area contributed by atoms with E-state index in [4.69, 9.17) is 23.7 Å². The molecule has 4 rings (SSSR count). The van der Waals surface area contributed by atoms with Gasteiger partial charge in [-0.05, 0) is 90.0 Å². The highest BCUT2D eigenvalue weighted by Crippen LogP contribution is 2.41. The lowest BCUT2D eigenvalue weighted by atomic mass is 9.73. The van der Waals surface area contributed by atoms with Crippen LogP contribution in [-0.4, -0.2) is 151 Å². The van der Waals surface area contributed by atoms with Crippen molar-refractivity contribution in [3.05, 3.63) is 95.1 Å². The molecular weight excluding hydrogens is 901 g/mol. The number of nitrogens with one attached hydrogen (secondary N) is 3. The van der Waals surface area contributed by atoms with Crippen molar-refractivity contribution in [3.8, 4) is 46.0 Å². The van der Waals surface area contributed by atoms with Gasteiger partial charge in [-0.1, -0.05) is 24.3 Å². The number of carbonyl (C=O) groups excluding carboxylic acids is 3. The van der Waals surface area contributed by atoms with E-state index in [-0.39, 0.29) is 150 Å². The largest absolute Gasteiger partial charge is 0.504 e. The first-order valence-electron chi connectivity index (χ1n) is 22.4. The number of amides is 3. The van der Waals surface area contributed by atoms with Gasteiger partial charge in [0.2, 0.25) is 17.7 Å². The first kappa shape index (κ1) is 54.6. The quantitative estimate of drug-likeness (QED) is 0.0145. The van der Waals surface area contributed by atoms with Gasteiger partial charge in [0.25, 0.3) is 0 Å². The summed E-state index contributed by atoms with van der Waals surface area (Å²) in [4.78, 5) is 43.3. The van der Waals surface area contributed by atoms with Gasteiger partial charge in [-0.25, -0.2) is 0 Å². The number of methoxy groups -OCH3 is 1. The predicted octanol–water partition coefficient (Wildman–Crippen LogP) is 3.39. The number of phenols is 8. The van der Waals surface area contributed by atoms with Crippen LogP contribution in [0.3, 0.4) is 0 Å². The van der Waals surface area contributed by atoms with Gasteiger partial charge in [0.1, 0.15) is 6.61 Å². The lowest BCUT2D eigenvalue weighted by molar-refractivity contribution is -0.124. The highest BCUT2D eigenvalue weighted by molar-refractivity contribution is 5.76. The van der Waals surface area contributed by atoms with Gasteiger partial charge in [0.15, 0.2) is 52.4 Å². The second-order valence-corrected chi connectivity index (χ2v) is 16.2. The van der Waals surface area contributed by atoms with E-state index >= 15 is 0 Å². The number of rotatable bonds is 32. The maximum absolute atomic E-state index is 12.9. The molecule has 0 radical (unpaired) electrons. The van der Waals surface area contributed by atoms with Crippen molar-refractivity contribution in [2.24, 2.45) is 10.4 Å². The Hall–Kier alpha value is -7.00. The third kappa shape index (κ3) is 19.3. The molecule has 20 heteroatoms. The van der Waals surface area contributed by atoms with Gasteiger partial charge >= 0.3 is 0 Å². The van der Waals surface area contributed by atoms with E-state index in [1.165, 1.54) is 62.0 Å². The third-order valence-corrected chi connectivity index (χ3v) is 10.9. The first-order valence-corrected chi connectivity index (χ1v) is 22.4. The average molecular weight is 965 g/mol. The molecule has 69 heavy (non-hydrogen) atoms. The second-order valence-electron chi connectivity index (χ2n) is 16.2. The van der Waals surface area contributed by atoms with Crippen LogP contribution < -0.4 is 16.0 Å². The standard InChI is InChI=1S/C49H64N4O16/c1-65-22-23-69-32-50-28-37(36-5-9-41(57)45(61)27-36)49(29-66-19-13-46(62)51-16-10-33-2-6-38(54)42(58)24-33,30-67-20-14-47(63)52-17-11-34-3-7-39(55)43(59)25-34)31-68-21-15-48(64)53-18-12-35-4-8-40(56)44(60)26-35/h2-9,24-27,32,37,54-61H,10-23,28-31H2,1H3,(H,51,62)(H,52,63)(H,53,64). The molecule has 0 aliphatic heterocycles. The van der Waals surface area contributed by atoms with E-state index < -0.39 is 17.1 Å². The van der Waals surface area contributed by atoms with E-state index in [1.807, 2.05) is 0 Å². The zero-order chi connectivity index (χ0) is 50.0. The summed E-state index contributed by atoms with van der Waals surface area (Å²) in [6.07, 6.45) is 2.26. The van der Waals surface area contributed by atoms with Crippen molar-refractivity contribution in [2.75, 3.05) is 86.1 Å². The number of nitrogens with zero attached hydrogens (tertiary/aromatic N) is 1. The number of hydrogen-bond acceptors (Lipinski definition) is 17. The van der Waals surface area contributed by atoms with Crippen LogP contribution in [0.25, 0.3) is 0 Å². The monoisotopic (exact) mass is 964 g/mol. The molecule has 376 valence electrons. The van der Waals surface area contributed by atoms with Crippen LogP contribution in [0.1, 0.15) is 47.4 Å². The summed E-state index contributed by atoms with van der Waals surface area (Å²) in [6.45, 7) is 0.674. The summed E-state index contributed by atoms with van der Waals surface area (Å²) in [5.41, 5.74) is 1.38. The van der Waals surface area contributed by atoms with Crippen molar-refractivity contribution < 1.29 is 78.9 Å². The van der Waals surface area contributed by atoms with Crippen molar-refractivity contribution in [3.63, 3.8) is 0 Å². The fraction of sp³-hybridized carbons (Fsp3) is 0.429. The summed E-state index contributed by atoms with van der Waals surface area (Å²) in [6, 6.07) is 17.5. The number of phenolic OH excluding ortho intramolecular Hbond substituents is 8. The minimum Gasteiger partial charge on any atom is -0.504 e. The van der Waals surface area contributed by atoms with E-state index in [9.17, 15) is 55.2 Å². The lowest BCUT2D eigenvalue weighted by Gasteiger charge is -2.40. The molecule has 0 saturated heterocycles. The zero-order valence-corrected chi connectivity index (χ0v) is 38.6. The third-order valence-electron chi connectivity index (χ3n) is 10.9. The fourth-order valence-corrected chi connectivity index (χ4v) is 7.02. The van der Waals surface area contributed by atoms with Crippen LogP contribution in [0.2, 0.25) is 0 Å². The van der Waals surface area contributed by atoms with Crippen molar-refractivity contribution in [1.29, 1.82) is 0 Å². The maximum Gasteiger partial charge on any atom is 0.222 e. The summed E-state index contributed by atoms with van der Waals surface area (Å²) in [5.74, 6) is -4.03. The van der Waals surface area contributed by atoms with Crippen LogP contribution in [0.5, 0.6) is 46.0 Å². The fourth-order valence-electron chi connectivity index (χ4n) is 7.02. The Morgan fingerprint density at radius 3 is 1.26 bits per heavy atom. The molecule has 20 nitrogen and oxygen atoms in total. The molecular formula is C49H64N4O16. The topological polar surface area (TPSA) is 308 Å². The van der Waals surface area contributed by atoms with E-state index in [2.05, 4.69) is 20.9 Å². The Labute approximate surface area is 400 Å². The maximum atomic E-state index is 12.9. The summed E-state index contributed by atoms with van der Waals surface area (Å²) in [7, 11) is 1.53. The van der Waals surface area contributed by atoms with E-state index in [0.717, 1.165) is 0 Å². The van der Waals surface area contributed by atoms with Crippen LogP contribution in [0, 0.1) is 5.41 Å². The average Bonchev–Trinajstić information content (AvgIpc) is 3.32. The SMILES string of the molecule is COCCOC=NCC(c1ccc(O)c(O)c1)C(COCCC(=O)NCCc1ccc(O)c(O)c1)(COCCC(=O)NCCc1ccc(O)c(O)c1)COCCC(=O)NCCc1ccc(O)c(O)c1. The van der Waals surface area contributed by atoms with Crippen LogP contribution >= 0.6 is 0 Å². The summed E-state index contributed by atoms with van der Waals surface area (Å²) in [5, 5.41) is 87.7. The zero-order valence-electron chi connectivity index (χ0n) is 38.6. The molecule has 4 aromatic rings. The van der Waals surface area contributed by atoms with Crippen LogP contribution in [0.15, 0.2) is 77.8 Å². The molecule has 0 spiro atoms. The Morgan fingerprint density at radius 1 is 0.522 bits per heavy atom. The molecule has 11 N–H and O–H groups in total. The van der Waals surface area contributed by atoms with Crippen molar-refractivity contribution in [2.45, 2.75) is 44.4 Å². The highest BCUT2D eigenvalue weighted by Gasteiger charge is 2.42. The van der Waals surface area contributed by atoms with E-state index in [0.29, 0.717) is 48.1 Å². The minimum absolute atomic E-state index is 0.00117. The Balaban J connectivity index is 1.51. The molecule has 3 amide bonds. The molecule has 0 fully saturated rings. The number of ether oxygens (including phenoxy) is 5. The molecule has 0 saturated carbocycles. The van der Waals surface area contributed by atoms with Crippen molar-refractivity contribution in [1.82, 2.24) is 16.0 Å². The smallest absolute Gasteiger partial charge is 0.222 e. The van der Waals surface area contributed by atoms with Crippen LogP contribution in [-0.2, 0) is 57.3 Å². The molecule has 0 heterocycles. The summed E-state index contributed by atoms with van der Waals surface area (Å²) >= 11 is 0. The highest BCUT2D eigenvalue weighted by atomic mass is 16.5. The van der Waals surface area contributed by atoms with Crippen molar-refractivity contribution >= 4 is 24.1 Å². The van der Waals surface area contributed by atoms with Gasteiger partial charge in [0, 0.05) is 63.9 Å². The predicted molar refractivity (Wildman–Crippen MR) is 252 cm³/mol. The molecule has 1 atom stereocenters. The number of carbonyl (C=O) groups is 3. The normalized spacial score (nSPS) is 11.9. The second kappa shape index (κ2) is 29.0. The Morgan fingerprint density at radius 2 is 0.899 bits per heavy atom.